The molecule has 4 aliphatic carbocycles. The summed E-state index contributed by atoms with van der Waals surface area (Å²) in [5, 5.41) is 13.3. The topological polar surface area (TPSA) is 49.3 Å². The van der Waals surface area contributed by atoms with Gasteiger partial charge in [-0.1, -0.05) is 25.1 Å². The highest BCUT2D eigenvalue weighted by molar-refractivity contribution is 5.92. The maximum atomic E-state index is 13.0. The molecule has 0 bridgehead atoms. The number of hydrogen-bond donors (Lipinski definition) is 2. The van der Waals surface area contributed by atoms with Crippen LogP contribution >= 0.6 is 0 Å². The van der Waals surface area contributed by atoms with Gasteiger partial charge in [0, 0.05) is 11.6 Å². The molecule has 0 aliphatic heterocycles. The number of aliphatic hydroxyl groups excluding tert-OH is 1. The second-order valence-corrected chi connectivity index (χ2v) is 10.9. The van der Waals surface area contributed by atoms with Gasteiger partial charge in [0.15, 0.2) is 0 Å². The first-order chi connectivity index (χ1) is 14.0. The molecule has 5 rings (SSSR count). The molecule has 0 aromatic heterocycles. The predicted octanol–water partition coefficient (Wildman–Crippen LogP) is 5.64. The summed E-state index contributed by atoms with van der Waals surface area (Å²) in [5.41, 5.74) is 1.25. The van der Waals surface area contributed by atoms with Crippen molar-refractivity contribution in [2.24, 2.45) is 40.9 Å². The maximum absolute atomic E-state index is 13.0. The highest BCUT2D eigenvalue weighted by atomic mass is 16.3. The molecule has 1 unspecified atom stereocenters. The average molecular weight is 396 g/mol. The smallest absolute Gasteiger partial charge is 0.227 e. The maximum Gasteiger partial charge on any atom is 0.227 e. The summed E-state index contributed by atoms with van der Waals surface area (Å²) in [7, 11) is 0. The molecule has 8 atom stereocenters. The minimum atomic E-state index is -0.0415. The van der Waals surface area contributed by atoms with Crippen LogP contribution in [0.2, 0.25) is 0 Å². The molecule has 3 heteroatoms. The quantitative estimate of drug-likeness (QED) is 0.680. The van der Waals surface area contributed by atoms with Gasteiger partial charge in [0.1, 0.15) is 0 Å². The number of carbonyl (C=O) groups excluding carboxylic acids is 1. The first kappa shape index (κ1) is 19.6. The standard InChI is InChI=1S/C26H37NO2/c1-26-14-13-22-21-11-9-20(28)15-17(21)7-10-23(22)24(26)12-8-18(16-26)25(29)27-19-5-3-2-4-6-19/h2-6,17-18,20-24,28H,7-16H2,1H3,(H,27,29)/t17-,18?,20-,21+,22-,23-,24+,26+/m1/s1. The van der Waals surface area contributed by atoms with E-state index in [4.69, 9.17) is 0 Å². The Morgan fingerprint density at radius 2 is 1.76 bits per heavy atom. The Balaban J connectivity index is 1.26. The second kappa shape index (κ2) is 7.72. The molecule has 4 aliphatic rings. The molecule has 0 heterocycles. The summed E-state index contributed by atoms with van der Waals surface area (Å²) in [6.07, 6.45) is 11.9. The molecule has 3 nitrogen and oxygen atoms in total. The minimum absolute atomic E-state index is 0.0415. The molecule has 29 heavy (non-hydrogen) atoms. The highest BCUT2D eigenvalue weighted by Crippen LogP contribution is 2.62. The van der Waals surface area contributed by atoms with E-state index in [2.05, 4.69) is 12.2 Å². The molecule has 1 aromatic rings. The Morgan fingerprint density at radius 3 is 2.59 bits per heavy atom. The van der Waals surface area contributed by atoms with E-state index in [1.54, 1.807) is 0 Å². The zero-order chi connectivity index (χ0) is 20.0. The Bertz CT molecular complexity index is 733. The van der Waals surface area contributed by atoms with Gasteiger partial charge < -0.3 is 10.4 Å². The van der Waals surface area contributed by atoms with Crippen molar-refractivity contribution in [3.05, 3.63) is 30.3 Å². The van der Waals surface area contributed by atoms with Crippen LogP contribution in [0.3, 0.4) is 0 Å². The number of aliphatic hydroxyl groups is 1. The van der Waals surface area contributed by atoms with Crippen LogP contribution in [0.4, 0.5) is 5.69 Å². The molecule has 158 valence electrons. The van der Waals surface area contributed by atoms with Crippen molar-refractivity contribution in [1.82, 2.24) is 0 Å². The van der Waals surface area contributed by atoms with E-state index in [0.717, 1.165) is 61.0 Å². The molecular formula is C26H37NO2. The van der Waals surface area contributed by atoms with Gasteiger partial charge in [-0.25, -0.2) is 0 Å². The first-order valence-electron chi connectivity index (χ1n) is 12.1. The van der Waals surface area contributed by atoms with Gasteiger partial charge in [-0.05, 0) is 111 Å². The number of benzene rings is 1. The normalized spacial score (nSPS) is 44.1. The van der Waals surface area contributed by atoms with Crippen LogP contribution in [-0.2, 0) is 4.79 Å². The van der Waals surface area contributed by atoms with Crippen LogP contribution in [0, 0.1) is 40.9 Å². The number of rotatable bonds is 2. The number of nitrogens with one attached hydrogen (secondary N) is 1. The van der Waals surface area contributed by atoms with E-state index >= 15 is 0 Å². The highest BCUT2D eigenvalue weighted by Gasteiger charge is 2.54. The molecular weight excluding hydrogens is 358 g/mol. The Kier molecular flexibility index (Phi) is 5.22. The predicted molar refractivity (Wildman–Crippen MR) is 116 cm³/mol. The third-order valence-corrected chi connectivity index (χ3v) is 9.40. The van der Waals surface area contributed by atoms with E-state index in [9.17, 15) is 9.90 Å². The molecule has 2 N–H and O–H groups in total. The number of anilines is 1. The van der Waals surface area contributed by atoms with Crippen molar-refractivity contribution in [1.29, 1.82) is 0 Å². The van der Waals surface area contributed by atoms with Gasteiger partial charge in [-0.3, -0.25) is 4.79 Å². The van der Waals surface area contributed by atoms with E-state index in [1.807, 2.05) is 30.3 Å². The fourth-order valence-electron chi connectivity index (χ4n) is 8.07. The van der Waals surface area contributed by atoms with Crippen molar-refractivity contribution in [3.8, 4) is 0 Å². The summed E-state index contributed by atoms with van der Waals surface area (Å²) < 4.78 is 0. The van der Waals surface area contributed by atoms with E-state index in [0.29, 0.717) is 5.41 Å². The van der Waals surface area contributed by atoms with Gasteiger partial charge in [0.2, 0.25) is 5.91 Å². The third kappa shape index (κ3) is 3.65. The van der Waals surface area contributed by atoms with Gasteiger partial charge in [0.05, 0.1) is 6.10 Å². The summed E-state index contributed by atoms with van der Waals surface area (Å²) in [6.45, 7) is 2.49. The van der Waals surface area contributed by atoms with Crippen molar-refractivity contribution in [2.75, 3.05) is 5.32 Å². The van der Waals surface area contributed by atoms with Crippen molar-refractivity contribution in [3.63, 3.8) is 0 Å². The summed E-state index contributed by atoms with van der Waals surface area (Å²) in [4.78, 5) is 13.0. The fourth-order valence-corrected chi connectivity index (χ4v) is 8.07. The van der Waals surface area contributed by atoms with Crippen LogP contribution in [0.25, 0.3) is 0 Å². The summed E-state index contributed by atoms with van der Waals surface area (Å²) in [5.74, 6) is 4.57. The van der Waals surface area contributed by atoms with Crippen LogP contribution in [0.15, 0.2) is 30.3 Å². The van der Waals surface area contributed by atoms with E-state index in [-0.39, 0.29) is 17.9 Å². The fraction of sp³-hybridized carbons (Fsp3) is 0.731. The van der Waals surface area contributed by atoms with Crippen molar-refractivity contribution in [2.45, 2.75) is 77.2 Å². The van der Waals surface area contributed by atoms with E-state index < -0.39 is 0 Å². The Morgan fingerprint density at radius 1 is 0.966 bits per heavy atom. The molecule has 4 fully saturated rings. The van der Waals surface area contributed by atoms with Gasteiger partial charge >= 0.3 is 0 Å². The van der Waals surface area contributed by atoms with Crippen LogP contribution in [0.5, 0.6) is 0 Å². The zero-order valence-electron chi connectivity index (χ0n) is 17.9. The Labute approximate surface area is 175 Å². The van der Waals surface area contributed by atoms with Gasteiger partial charge in [-0.15, -0.1) is 0 Å². The third-order valence-electron chi connectivity index (χ3n) is 9.40. The lowest BCUT2D eigenvalue weighted by Crippen LogP contribution is -2.52. The second-order valence-electron chi connectivity index (χ2n) is 10.9. The van der Waals surface area contributed by atoms with Crippen LogP contribution in [-0.4, -0.2) is 17.1 Å². The van der Waals surface area contributed by atoms with Crippen LogP contribution < -0.4 is 5.32 Å². The lowest BCUT2D eigenvalue weighted by Gasteiger charge is -2.59. The van der Waals surface area contributed by atoms with Gasteiger partial charge in [0.25, 0.3) is 0 Å². The van der Waals surface area contributed by atoms with E-state index in [1.165, 1.54) is 38.5 Å². The largest absolute Gasteiger partial charge is 0.393 e. The molecule has 4 saturated carbocycles. The SMILES string of the molecule is C[C@@]12CC[C@H]3[C@@H](CC[C@@H]4C[C@H](O)CC[C@@H]43)[C@@H]1CCC(C(=O)Nc1ccccc1)C2. The average Bonchev–Trinajstić information content (AvgIpc) is 2.73. The Hall–Kier alpha value is -1.35. The summed E-state index contributed by atoms with van der Waals surface area (Å²) in [6, 6.07) is 9.92. The summed E-state index contributed by atoms with van der Waals surface area (Å²) >= 11 is 0. The lowest BCUT2D eigenvalue weighted by molar-refractivity contribution is -0.130. The number of para-hydroxylation sites is 1. The molecule has 0 radical (unpaired) electrons. The van der Waals surface area contributed by atoms with Crippen molar-refractivity contribution < 1.29 is 9.90 Å². The molecule has 0 spiro atoms. The number of carbonyl (C=O) groups is 1. The lowest BCUT2D eigenvalue weighted by atomic mass is 9.46. The minimum Gasteiger partial charge on any atom is -0.393 e. The zero-order valence-corrected chi connectivity index (χ0v) is 17.9. The van der Waals surface area contributed by atoms with Crippen LogP contribution in [0.1, 0.15) is 71.1 Å². The van der Waals surface area contributed by atoms with Crippen molar-refractivity contribution >= 4 is 11.6 Å². The molecule has 1 aromatic carbocycles. The number of amides is 1. The number of hydrogen-bond acceptors (Lipinski definition) is 2. The molecule has 1 amide bonds. The monoisotopic (exact) mass is 395 g/mol. The van der Waals surface area contributed by atoms with Gasteiger partial charge in [-0.2, -0.15) is 0 Å². The number of fused-ring (bicyclic) bond motifs is 5. The molecule has 0 saturated heterocycles. The first-order valence-corrected chi connectivity index (χ1v) is 12.1.